The number of nitrogens with one attached hydrogen (secondary N) is 2. The summed E-state index contributed by atoms with van der Waals surface area (Å²) in [6.07, 6.45) is -0.906. The quantitative estimate of drug-likeness (QED) is 0.277. The van der Waals surface area contributed by atoms with Gasteiger partial charge in [-0.1, -0.05) is 25.5 Å². The molecule has 2 N–H and O–H groups in total. The van der Waals surface area contributed by atoms with Crippen molar-refractivity contribution in [3.05, 3.63) is 83.4 Å². The molecule has 1 heterocycles. The molecule has 0 radical (unpaired) electrons. The van der Waals surface area contributed by atoms with Crippen molar-refractivity contribution in [1.82, 2.24) is 0 Å². The molecule has 1 aliphatic rings. The summed E-state index contributed by atoms with van der Waals surface area (Å²) in [6, 6.07) is 15.0. The second-order valence-corrected chi connectivity index (χ2v) is 9.85. The highest BCUT2D eigenvalue weighted by Crippen LogP contribution is 2.36. The van der Waals surface area contributed by atoms with Gasteiger partial charge in [0.1, 0.15) is 5.75 Å². The number of carbonyl (C=O) groups is 1. The average Bonchev–Trinajstić information content (AvgIpc) is 3.14. The van der Waals surface area contributed by atoms with Gasteiger partial charge in [-0.3, -0.25) is 9.52 Å². The molecule has 0 aromatic heterocycles. The molecule has 0 spiro atoms. The van der Waals surface area contributed by atoms with Crippen molar-refractivity contribution in [2.45, 2.75) is 30.8 Å². The monoisotopic (exact) mass is 516 g/mol. The molecule has 36 heavy (non-hydrogen) atoms. The molecule has 3 aromatic rings. The lowest BCUT2D eigenvalue weighted by molar-refractivity contribution is -0.137. The van der Waals surface area contributed by atoms with E-state index >= 15 is 0 Å². The number of amides is 1. The van der Waals surface area contributed by atoms with E-state index in [1.54, 1.807) is 30.3 Å². The first-order chi connectivity index (χ1) is 17.1. The van der Waals surface area contributed by atoms with Crippen LogP contribution in [0.25, 0.3) is 11.6 Å². The van der Waals surface area contributed by atoms with E-state index < -0.39 is 21.8 Å². The van der Waals surface area contributed by atoms with Crippen LogP contribution in [0, 0.1) is 0 Å². The highest BCUT2D eigenvalue weighted by atomic mass is 32.2. The van der Waals surface area contributed by atoms with Crippen LogP contribution in [0.1, 0.15) is 36.5 Å². The fourth-order valence-electron chi connectivity index (χ4n) is 3.58. The van der Waals surface area contributed by atoms with Gasteiger partial charge in [0.05, 0.1) is 17.1 Å². The highest BCUT2D eigenvalue weighted by molar-refractivity contribution is 7.92. The number of unbranched alkanes of at least 4 members (excludes halogenated alkanes) is 1. The lowest BCUT2D eigenvalue weighted by Crippen LogP contribution is -2.13. The molecule has 0 saturated heterocycles. The van der Waals surface area contributed by atoms with Crippen molar-refractivity contribution in [1.29, 1.82) is 0 Å². The molecule has 0 aliphatic carbocycles. The Labute approximate surface area is 206 Å². The van der Waals surface area contributed by atoms with Crippen LogP contribution in [0.4, 0.5) is 24.5 Å². The number of sulfonamides is 1. The van der Waals surface area contributed by atoms with Crippen LogP contribution in [0.15, 0.2) is 71.6 Å². The Morgan fingerprint density at radius 2 is 1.69 bits per heavy atom. The van der Waals surface area contributed by atoms with Crippen molar-refractivity contribution >= 4 is 39.0 Å². The van der Waals surface area contributed by atoms with E-state index in [-0.39, 0.29) is 22.1 Å². The number of carbonyl (C=O) groups excluding carboxylic acids is 1. The summed E-state index contributed by atoms with van der Waals surface area (Å²) >= 11 is 0. The zero-order valence-electron chi connectivity index (χ0n) is 19.2. The standard InChI is InChI=1S/C26H23F3N2O4S/c1-2-3-14-35-20-10-4-17(5-11-20)15-23-22-16-21(12-13-24(22)30-25(23)32)36(33,34)31-19-8-6-18(7-9-19)26(27,28)29/h4-13,15-16,31H,2-3,14H2,1H3,(H,30,32). The van der Waals surface area contributed by atoms with Crippen molar-refractivity contribution in [3.63, 3.8) is 0 Å². The molecule has 1 aliphatic heterocycles. The second-order valence-electron chi connectivity index (χ2n) is 8.17. The minimum Gasteiger partial charge on any atom is -0.494 e. The third-order valence-electron chi connectivity index (χ3n) is 5.51. The molecule has 10 heteroatoms. The van der Waals surface area contributed by atoms with Crippen LogP contribution in [-0.4, -0.2) is 20.9 Å². The van der Waals surface area contributed by atoms with Crippen LogP contribution in [0.5, 0.6) is 5.75 Å². The summed E-state index contributed by atoms with van der Waals surface area (Å²) in [4.78, 5) is 12.4. The molecule has 0 unspecified atom stereocenters. The first kappa shape index (κ1) is 25.3. The Kier molecular flexibility index (Phi) is 7.07. The van der Waals surface area contributed by atoms with E-state index in [1.165, 1.54) is 18.2 Å². The molecular weight excluding hydrogens is 493 g/mol. The normalized spacial score (nSPS) is 14.4. The van der Waals surface area contributed by atoms with Crippen LogP contribution >= 0.6 is 0 Å². The van der Waals surface area contributed by atoms with Gasteiger partial charge < -0.3 is 10.1 Å². The molecule has 188 valence electrons. The van der Waals surface area contributed by atoms with E-state index in [0.717, 1.165) is 42.7 Å². The third-order valence-corrected chi connectivity index (χ3v) is 6.89. The molecule has 0 fully saturated rings. The Hall–Kier alpha value is -3.79. The predicted molar refractivity (Wildman–Crippen MR) is 132 cm³/mol. The number of hydrogen-bond acceptors (Lipinski definition) is 4. The summed E-state index contributed by atoms with van der Waals surface area (Å²) in [7, 11) is -4.13. The first-order valence-corrected chi connectivity index (χ1v) is 12.7. The van der Waals surface area contributed by atoms with Gasteiger partial charge >= 0.3 is 6.18 Å². The Bertz CT molecular complexity index is 1400. The Balaban J connectivity index is 1.57. The van der Waals surface area contributed by atoms with Gasteiger partial charge in [-0.25, -0.2) is 8.42 Å². The number of anilines is 2. The number of ether oxygens (including phenoxy) is 1. The summed E-state index contributed by atoms with van der Waals surface area (Å²) in [6.45, 7) is 2.69. The largest absolute Gasteiger partial charge is 0.494 e. The number of hydrogen-bond donors (Lipinski definition) is 2. The van der Waals surface area contributed by atoms with Gasteiger partial charge in [-0.15, -0.1) is 0 Å². The average molecular weight is 517 g/mol. The predicted octanol–water partition coefficient (Wildman–Crippen LogP) is 6.18. The van der Waals surface area contributed by atoms with Crippen LogP contribution in [0.3, 0.4) is 0 Å². The smallest absolute Gasteiger partial charge is 0.416 e. The topological polar surface area (TPSA) is 84.5 Å². The summed E-state index contributed by atoms with van der Waals surface area (Å²) in [5.74, 6) is 0.336. The molecule has 4 rings (SSSR count). The molecule has 1 amide bonds. The Morgan fingerprint density at radius 1 is 1.00 bits per heavy atom. The fraction of sp³-hybridized carbons (Fsp3) is 0.192. The van der Waals surface area contributed by atoms with Crippen molar-refractivity contribution in [3.8, 4) is 5.75 Å². The second kappa shape index (κ2) is 10.1. The Morgan fingerprint density at radius 3 is 2.33 bits per heavy atom. The number of benzene rings is 3. The SMILES string of the molecule is CCCCOc1ccc(C=C2C(=O)Nc3ccc(S(=O)(=O)Nc4ccc(C(F)(F)F)cc4)cc32)cc1. The van der Waals surface area contributed by atoms with Crippen LogP contribution in [-0.2, 0) is 21.0 Å². The summed E-state index contributed by atoms with van der Waals surface area (Å²) < 4.78 is 72.0. The maximum absolute atomic E-state index is 12.9. The number of fused-ring (bicyclic) bond motifs is 1. The van der Waals surface area contributed by atoms with Gasteiger partial charge in [-0.05, 0) is 72.7 Å². The van der Waals surface area contributed by atoms with Gasteiger partial charge in [0.25, 0.3) is 15.9 Å². The number of rotatable bonds is 8. The molecule has 0 atom stereocenters. The van der Waals surface area contributed by atoms with Crippen molar-refractivity contribution in [2.75, 3.05) is 16.6 Å². The lowest BCUT2D eigenvalue weighted by atomic mass is 10.0. The zero-order valence-corrected chi connectivity index (χ0v) is 20.0. The molecule has 6 nitrogen and oxygen atoms in total. The van der Waals surface area contributed by atoms with E-state index in [4.69, 9.17) is 4.74 Å². The highest BCUT2D eigenvalue weighted by Gasteiger charge is 2.30. The fourth-order valence-corrected chi connectivity index (χ4v) is 4.66. The summed E-state index contributed by atoms with van der Waals surface area (Å²) in [5.41, 5.74) is 0.971. The van der Waals surface area contributed by atoms with Crippen molar-refractivity contribution < 1.29 is 31.1 Å². The van der Waals surface area contributed by atoms with Crippen molar-refractivity contribution in [2.24, 2.45) is 0 Å². The molecular formula is C26H23F3N2O4S. The number of alkyl halides is 3. The molecule has 0 saturated carbocycles. The van der Waals surface area contributed by atoms with E-state index in [1.807, 2.05) is 0 Å². The lowest BCUT2D eigenvalue weighted by Gasteiger charge is -2.11. The van der Waals surface area contributed by atoms with Crippen LogP contribution < -0.4 is 14.8 Å². The van der Waals surface area contributed by atoms with Crippen LogP contribution in [0.2, 0.25) is 0 Å². The molecule has 0 bridgehead atoms. The first-order valence-electron chi connectivity index (χ1n) is 11.2. The van der Waals surface area contributed by atoms with Gasteiger partial charge in [0.2, 0.25) is 0 Å². The maximum Gasteiger partial charge on any atom is 0.416 e. The number of halogens is 3. The maximum atomic E-state index is 12.9. The summed E-state index contributed by atoms with van der Waals surface area (Å²) in [5, 5.41) is 2.71. The van der Waals surface area contributed by atoms with E-state index in [2.05, 4.69) is 17.0 Å². The minimum absolute atomic E-state index is 0.0188. The third kappa shape index (κ3) is 5.71. The molecule has 3 aromatic carbocycles. The van der Waals surface area contributed by atoms with E-state index in [9.17, 15) is 26.4 Å². The van der Waals surface area contributed by atoms with Gasteiger partial charge in [-0.2, -0.15) is 13.2 Å². The van der Waals surface area contributed by atoms with E-state index in [0.29, 0.717) is 23.6 Å². The zero-order chi connectivity index (χ0) is 25.9. The van der Waals surface area contributed by atoms with Gasteiger partial charge in [0, 0.05) is 22.5 Å². The van der Waals surface area contributed by atoms with Gasteiger partial charge in [0.15, 0.2) is 0 Å². The minimum atomic E-state index is -4.53.